The molecule has 0 amide bonds. The molecule has 0 saturated carbocycles. The van der Waals surface area contributed by atoms with E-state index in [0.717, 1.165) is 39.1 Å². The molecule has 0 saturated heterocycles. The minimum Gasteiger partial charge on any atom is -0.327 e. The van der Waals surface area contributed by atoms with Crippen LogP contribution in [0.3, 0.4) is 0 Å². The Morgan fingerprint density at radius 1 is 0.569 bits per heavy atom. The highest BCUT2D eigenvalue weighted by Crippen LogP contribution is 2.52. The van der Waals surface area contributed by atoms with Crippen LogP contribution < -0.4 is 20.7 Å². The predicted octanol–water partition coefficient (Wildman–Crippen LogP) is 9.90. The number of nitrogens with zero attached hydrogens (tertiary/aromatic N) is 4. The van der Waals surface area contributed by atoms with Crippen molar-refractivity contribution in [3.8, 4) is 17.1 Å². The van der Waals surface area contributed by atoms with Crippen molar-refractivity contribution in [3.63, 3.8) is 0 Å². The molecule has 1 aliphatic rings. The van der Waals surface area contributed by atoms with Gasteiger partial charge in [-0.05, 0) is 74.3 Å². The van der Waals surface area contributed by atoms with Gasteiger partial charge in [-0.15, -0.1) is 0 Å². The predicted molar refractivity (Wildman–Crippen MR) is 245 cm³/mol. The average Bonchev–Trinajstić information content (AvgIpc) is 3.80. The summed E-state index contributed by atoms with van der Waals surface area (Å²) >= 11 is 1.89. The highest BCUT2D eigenvalue weighted by molar-refractivity contribution is 7.99. The molecule has 0 atom stereocenters. The number of fused-ring (bicyclic) bond motifs is 7. The molecular formula is C52H40N4SSi. The van der Waals surface area contributed by atoms with Crippen LogP contribution in [0.1, 0.15) is 25.0 Å². The van der Waals surface area contributed by atoms with Gasteiger partial charge in [-0.3, -0.25) is 4.57 Å². The lowest BCUT2D eigenvalue weighted by Gasteiger charge is -2.35. The summed E-state index contributed by atoms with van der Waals surface area (Å²) in [6.45, 7) is 4.73. The van der Waals surface area contributed by atoms with Crippen molar-refractivity contribution in [1.29, 1.82) is 0 Å². The Labute approximate surface area is 343 Å². The number of aromatic nitrogens is 4. The van der Waals surface area contributed by atoms with E-state index in [9.17, 15) is 0 Å². The van der Waals surface area contributed by atoms with Gasteiger partial charge in [0.2, 0.25) is 0 Å². The van der Waals surface area contributed by atoms with Crippen molar-refractivity contribution in [3.05, 3.63) is 199 Å². The zero-order chi connectivity index (χ0) is 39.0. The minimum atomic E-state index is -2.97. The molecular weight excluding hydrogens is 741 g/mol. The summed E-state index contributed by atoms with van der Waals surface area (Å²) in [5.74, 6) is 0.962. The number of aryl methyl sites for hydroxylation is 1. The van der Waals surface area contributed by atoms with E-state index in [1.54, 1.807) is 0 Å². The van der Waals surface area contributed by atoms with Gasteiger partial charge in [0.1, 0.15) is 11.5 Å². The first kappa shape index (κ1) is 34.7. The van der Waals surface area contributed by atoms with E-state index in [4.69, 9.17) is 9.97 Å². The number of para-hydroxylation sites is 2. The fourth-order valence-electron chi connectivity index (χ4n) is 9.63. The van der Waals surface area contributed by atoms with Gasteiger partial charge in [-0.25, -0.2) is 9.97 Å². The van der Waals surface area contributed by atoms with Crippen molar-refractivity contribution in [1.82, 2.24) is 19.1 Å². The Morgan fingerprint density at radius 3 is 2.02 bits per heavy atom. The monoisotopic (exact) mass is 780 g/mol. The molecule has 7 aromatic carbocycles. The van der Waals surface area contributed by atoms with E-state index >= 15 is 0 Å². The third kappa shape index (κ3) is 5.08. The molecule has 11 rings (SSSR count). The maximum Gasteiger partial charge on any atom is 0.179 e. The number of hydrogen-bond donors (Lipinski definition) is 0. The number of benzene rings is 7. The largest absolute Gasteiger partial charge is 0.327 e. The lowest BCUT2D eigenvalue weighted by Crippen LogP contribution is -2.74. The van der Waals surface area contributed by atoms with Gasteiger partial charge in [0, 0.05) is 50.5 Å². The number of rotatable bonds is 6. The summed E-state index contributed by atoms with van der Waals surface area (Å²) in [6.07, 6.45) is 1.93. The van der Waals surface area contributed by atoms with Crippen LogP contribution in [0, 0.1) is 0 Å². The van der Waals surface area contributed by atoms with Crippen molar-refractivity contribution < 1.29 is 0 Å². The zero-order valence-electron chi connectivity index (χ0n) is 32.6. The Kier molecular flexibility index (Phi) is 7.97. The lowest BCUT2D eigenvalue weighted by atomic mass is 9.77. The fraction of sp³-hybridized carbons (Fsp3) is 0.0769. The number of pyridine rings is 1. The summed E-state index contributed by atoms with van der Waals surface area (Å²) < 4.78 is 4.66. The SMILES string of the molecule is Cn1c(-c2cccc([Si](c3ccccc3)(c3ccccc3)c3cccc(-n4c5ncccc5c5ccc6c(c54)Sc4ccccc4C6(C)C)c3)c2)nc2ccccc21. The average molecular weight is 781 g/mol. The van der Waals surface area contributed by atoms with Crippen LogP contribution in [-0.2, 0) is 12.5 Å². The molecule has 4 nitrogen and oxygen atoms in total. The molecule has 0 radical (unpaired) electrons. The van der Waals surface area contributed by atoms with Crippen molar-refractivity contribution >= 4 is 73.6 Å². The van der Waals surface area contributed by atoms with E-state index in [-0.39, 0.29) is 5.41 Å². The number of hydrogen-bond acceptors (Lipinski definition) is 3. The van der Waals surface area contributed by atoms with Crippen LogP contribution in [0.4, 0.5) is 0 Å². The highest BCUT2D eigenvalue weighted by Gasteiger charge is 2.42. The molecule has 278 valence electrons. The molecule has 0 unspecified atom stereocenters. The maximum atomic E-state index is 5.16. The van der Waals surface area contributed by atoms with Gasteiger partial charge in [0.25, 0.3) is 0 Å². The zero-order valence-corrected chi connectivity index (χ0v) is 34.4. The summed E-state index contributed by atoms with van der Waals surface area (Å²) in [7, 11) is -0.853. The summed E-state index contributed by atoms with van der Waals surface area (Å²) in [5, 5.41) is 7.64. The second-order valence-corrected chi connectivity index (χ2v) is 20.7. The van der Waals surface area contributed by atoms with Crippen molar-refractivity contribution in [2.24, 2.45) is 7.05 Å². The topological polar surface area (TPSA) is 35.6 Å². The first-order valence-corrected chi connectivity index (χ1v) is 22.7. The van der Waals surface area contributed by atoms with E-state index in [2.05, 4.69) is 212 Å². The molecule has 0 aliphatic carbocycles. The van der Waals surface area contributed by atoms with Gasteiger partial charge < -0.3 is 4.57 Å². The lowest BCUT2D eigenvalue weighted by molar-refractivity contribution is 0.609. The molecule has 0 bridgehead atoms. The maximum absolute atomic E-state index is 5.16. The van der Waals surface area contributed by atoms with E-state index < -0.39 is 8.07 Å². The molecule has 0 spiro atoms. The first-order chi connectivity index (χ1) is 28.4. The Hall–Kier alpha value is -6.47. The Morgan fingerprint density at radius 2 is 1.24 bits per heavy atom. The number of imidazole rings is 1. The van der Waals surface area contributed by atoms with Crippen LogP contribution in [0.2, 0.25) is 0 Å². The molecule has 6 heteroatoms. The highest BCUT2D eigenvalue weighted by atomic mass is 32.2. The molecule has 0 N–H and O–H groups in total. The normalized spacial score (nSPS) is 13.5. The smallest absolute Gasteiger partial charge is 0.179 e. The van der Waals surface area contributed by atoms with Gasteiger partial charge in [-0.1, -0.05) is 165 Å². The van der Waals surface area contributed by atoms with Gasteiger partial charge >= 0.3 is 0 Å². The van der Waals surface area contributed by atoms with Gasteiger partial charge in [0.05, 0.1) is 16.6 Å². The Bertz CT molecular complexity index is 3160. The minimum absolute atomic E-state index is 0.158. The van der Waals surface area contributed by atoms with Crippen LogP contribution in [0.5, 0.6) is 0 Å². The summed E-state index contributed by atoms with van der Waals surface area (Å²) in [6, 6.07) is 67.2. The van der Waals surface area contributed by atoms with Crippen LogP contribution in [0.15, 0.2) is 198 Å². The van der Waals surface area contributed by atoms with Crippen molar-refractivity contribution in [2.45, 2.75) is 29.1 Å². The quantitative estimate of drug-likeness (QED) is 0.125. The van der Waals surface area contributed by atoms with Crippen molar-refractivity contribution in [2.75, 3.05) is 0 Å². The Balaban J connectivity index is 1.20. The molecule has 0 fully saturated rings. The standard InChI is InChI=1S/C52H40N4SSi/c1-52(2)43-26-10-13-29-47(43)57-49-44(52)31-30-41-42-25-16-32-53-51(42)56(48(41)49)36-18-15-24-40(34-36)58(37-19-6-4-7-20-37,38-21-8-5-9-22-38)39-23-14-17-35(33-39)50-54-45-27-11-12-28-46(45)55(50)3/h4-34H,1-3H3. The third-order valence-electron chi connectivity index (χ3n) is 12.4. The third-order valence-corrected chi connectivity index (χ3v) is 18.3. The molecule has 1 aliphatic heterocycles. The molecule has 3 aromatic heterocycles. The van der Waals surface area contributed by atoms with Gasteiger partial charge in [0.15, 0.2) is 8.07 Å². The second-order valence-electron chi connectivity index (χ2n) is 15.9. The second kappa shape index (κ2) is 13.3. The van der Waals surface area contributed by atoms with Crippen LogP contribution in [-0.4, -0.2) is 27.2 Å². The molecule has 58 heavy (non-hydrogen) atoms. The fourth-order valence-corrected chi connectivity index (χ4v) is 16.0. The summed E-state index contributed by atoms with van der Waals surface area (Å²) in [5.41, 5.74) is 9.08. The van der Waals surface area contributed by atoms with Crippen LogP contribution in [0.25, 0.3) is 50.0 Å². The van der Waals surface area contributed by atoms with E-state index in [0.29, 0.717) is 0 Å². The first-order valence-electron chi connectivity index (χ1n) is 19.9. The molecule has 10 aromatic rings. The van der Waals surface area contributed by atoms with E-state index in [1.807, 2.05) is 18.0 Å². The summed E-state index contributed by atoms with van der Waals surface area (Å²) in [4.78, 5) is 12.9. The molecule has 4 heterocycles. The van der Waals surface area contributed by atoms with Gasteiger partial charge in [-0.2, -0.15) is 0 Å². The van der Waals surface area contributed by atoms with E-state index in [1.165, 1.54) is 52.6 Å². The van der Waals surface area contributed by atoms with Crippen LogP contribution >= 0.6 is 11.8 Å².